The molecule has 0 unspecified atom stereocenters. The molecule has 0 aromatic carbocycles. The summed E-state index contributed by atoms with van der Waals surface area (Å²) >= 11 is 1.73. The van der Waals surface area contributed by atoms with Gasteiger partial charge in [-0.05, 0) is 38.6 Å². The molecule has 1 fully saturated rings. The summed E-state index contributed by atoms with van der Waals surface area (Å²) in [6, 6.07) is 0. The minimum Gasteiger partial charge on any atom is -0.361 e. The molecular formula is C10H17N3S. The molecule has 0 spiro atoms. The van der Waals surface area contributed by atoms with E-state index in [1.54, 1.807) is 11.3 Å². The van der Waals surface area contributed by atoms with Crippen LogP contribution in [0.3, 0.4) is 0 Å². The number of rotatable bonds is 4. The molecule has 0 saturated heterocycles. The maximum absolute atomic E-state index is 5.71. The van der Waals surface area contributed by atoms with Crippen molar-refractivity contribution >= 4 is 16.5 Å². The highest BCUT2D eigenvalue weighted by Gasteiger charge is 2.40. The molecule has 14 heavy (non-hydrogen) atoms. The largest absolute Gasteiger partial charge is 0.361 e. The third-order valence-corrected chi connectivity index (χ3v) is 4.06. The molecule has 0 amide bonds. The Balaban J connectivity index is 1.92. The molecule has 1 aromatic rings. The number of aryl methyl sites for hydroxylation is 2. The fourth-order valence-corrected chi connectivity index (χ4v) is 2.25. The van der Waals surface area contributed by atoms with Crippen LogP contribution in [0.4, 0.5) is 5.13 Å². The van der Waals surface area contributed by atoms with Gasteiger partial charge in [-0.2, -0.15) is 0 Å². The number of thiazole rings is 1. The van der Waals surface area contributed by atoms with Crippen LogP contribution in [-0.2, 0) is 0 Å². The van der Waals surface area contributed by atoms with Crippen LogP contribution in [0.5, 0.6) is 0 Å². The van der Waals surface area contributed by atoms with E-state index >= 15 is 0 Å². The van der Waals surface area contributed by atoms with Gasteiger partial charge in [-0.3, -0.25) is 0 Å². The van der Waals surface area contributed by atoms with E-state index in [0.29, 0.717) is 5.41 Å². The Morgan fingerprint density at radius 2 is 2.21 bits per heavy atom. The summed E-state index contributed by atoms with van der Waals surface area (Å²) in [7, 11) is 0. The maximum Gasteiger partial charge on any atom is 0.183 e. The topological polar surface area (TPSA) is 50.9 Å². The van der Waals surface area contributed by atoms with Crippen LogP contribution in [0.15, 0.2) is 0 Å². The summed E-state index contributed by atoms with van der Waals surface area (Å²) in [5.74, 6) is 0. The first-order valence-corrected chi connectivity index (χ1v) is 5.85. The fourth-order valence-electron chi connectivity index (χ4n) is 1.44. The molecule has 0 aliphatic heterocycles. The number of hydrogen-bond acceptors (Lipinski definition) is 4. The third-order valence-electron chi connectivity index (χ3n) is 3.03. The van der Waals surface area contributed by atoms with Crippen LogP contribution in [-0.4, -0.2) is 18.1 Å². The fraction of sp³-hybridized carbons (Fsp3) is 0.700. The minimum absolute atomic E-state index is 0.382. The van der Waals surface area contributed by atoms with Gasteiger partial charge in [0.15, 0.2) is 5.13 Å². The molecule has 0 radical (unpaired) electrons. The zero-order valence-corrected chi connectivity index (χ0v) is 9.58. The molecule has 0 bridgehead atoms. The number of nitrogens with zero attached hydrogens (tertiary/aromatic N) is 1. The molecule has 78 valence electrons. The van der Waals surface area contributed by atoms with Crippen LogP contribution in [0.1, 0.15) is 23.4 Å². The van der Waals surface area contributed by atoms with E-state index in [-0.39, 0.29) is 0 Å². The molecule has 0 atom stereocenters. The highest BCUT2D eigenvalue weighted by Crippen LogP contribution is 2.44. The molecule has 3 nitrogen and oxygen atoms in total. The van der Waals surface area contributed by atoms with Crippen molar-refractivity contribution in [1.29, 1.82) is 0 Å². The van der Waals surface area contributed by atoms with Gasteiger partial charge >= 0.3 is 0 Å². The van der Waals surface area contributed by atoms with E-state index in [1.165, 1.54) is 17.7 Å². The van der Waals surface area contributed by atoms with E-state index in [4.69, 9.17) is 5.73 Å². The molecular weight excluding hydrogens is 194 g/mol. The quantitative estimate of drug-likeness (QED) is 0.800. The average molecular weight is 211 g/mol. The van der Waals surface area contributed by atoms with Crippen molar-refractivity contribution in [2.75, 3.05) is 18.4 Å². The van der Waals surface area contributed by atoms with Gasteiger partial charge in [-0.1, -0.05) is 0 Å². The summed E-state index contributed by atoms with van der Waals surface area (Å²) in [5.41, 5.74) is 7.23. The first-order chi connectivity index (χ1) is 6.65. The van der Waals surface area contributed by atoms with Gasteiger partial charge in [-0.15, -0.1) is 11.3 Å². The molecule has 1 aliphatic rings. The third kappa shape index (κ3) is 1.91. The Labute approximate surface area is 88.7 Å². The van der Waals surface area contributed by atoms with E-state index in [9.17, 15) is 0 Å². The summed E-state index contributed by atoms with van der Waals surface area (Å²) in [5, 5.41) is 4.43. The molecule has 1 saturated carbocycles. The van der Waals surface area contributed by atoms with Crippen molar-refractivity contribution < 1.29 is 0 Å². The Hall–Kier alpha value is -0.610. The van der Waals surface area contributed by atoms with Gasteiger partial charge in [-0.25, -0.2) is 4.98 Å². The number of nitrogens with one attached hydrogen (secondary N) is 1. The second-order valence-electron chi connectivity index (χ2n) is 4.22. The molecule has 2 rings (SSSR count). The lowest BCUT2D eigenvalue weighted by atomic mass is 10.1. The lowest BCUT2D eigenvalue weighted by molar-refractivity contribution is 0.555. The van der Waals surface area contributed by atoms with Gasteiger partial charge in [0.05, 0.1) is 5.69 Å². The van der Waals surface area contributed by atoms with Crippen LogP contribution in [0.25, 0.3) is 0 Å². The van der Waals surface area contributed by atoms with Gasteiger partial charge in [0.1, 0.15) is 0 Å². The van der Waals surface area contributed by atoms with Crippen LogP contribution >= 0.6 is 11.3 Å². The second kappa shape index (κ2) is 3.51. The van der Waals surface area contributed by atoms with Crippen molar-refractivity contribution in [3.05, 3.63) is 10.6 Å². The summed E-state index contributed by atoms with van der Waals surface area (Å²) in [6.07, 6.45) is 2.53. The highest BCUT2D eigenvalue weighted by molar-refractivity contribution is 7.15. The molecule has 1 aliphatic carbocycles. The van der Waals surface area contributed by atoms with Gasteiger partial charge in [0, 0.05) is 11.4 Å². The number of anilines is 1. The minimum atomic E-state index is 0.382. The van der Waals surface area contributed by atoms with Gasteiger partial charge in [0.2, 0.25) is 0 Å². The summed E-state index contributed by atoms with van der Waals surface area (Å²) < 4.78 is 0. The summed E-state index contributed by atoms with van der Waals surface area (Å²) in [4.78, 5) is 5.74. The van der Waals surface area contributed by atoms with Crippen molar-refractivity contribution in [3.63, 3.8) is 0 Å². The predicted octanol–water partition coefficient (Wildman–Crippen LogP) is 1.91. The molecule has 4 heteroatoms. The lowest BCUT2D eigenvalue weighted by Crippen LogP contribution is -2.24. The Kier molecular flexibility index (Phi) is 2.49. The number of hydrogen-bond donors (Lipinski definition) is 2. The lowest BCUT2D eigenvalue weighted by Gasteiger charge is -2.11. The smallest absolute Gasteiger partial charge is 0.183 e. The Morgan fingerprint density at radius 3 is 2.64 bits per heavy atom. The van der Waals surface area contributed by atoms with Gasteiger partial charge in [0.25, 0.3) is 0 Å². The van der Waals surface area contributed by atoms with Crippen molar-refractivity contribution in [1.82, 2.24) is 4.98 Å². The first kappa shape index (κ1) is 9.93. The first-order valence-electron chi connectivity index (χ1n) is 5.03. The monoisotopic (exact) mass is 211 g/mol. The Bertz CT molecular complexity index is 309. The van der Waals surface area contributed by atoms with Crippen molar-refractivity contribution in [3.8, 4) is 0 Å². The average Bonchev–Trinajstić information content (AvgIpc) is 2.88. The van der Waals surface area contributed by atoms with E-state index in [0.717, 1.165) is 23.9 Å². The van der Waals surface area contributed by atoms with E-state index < -0.39 is 0 Å². The molecule has 1 heterocycles. The van der Waals surface area contributed by atoms with E-state index in [2.05, 4.69) is 17.2 Å². The normalized spacial score (nSPS) is 18.2. The number of nitrogens with two attached hydrogens (primary N) is 1. The predicted molar refractivity (Wildman–Crippen MR) is 60.8 cm³/mol. The van der Waals surface area contributed by atoms with E-state index in [1.807, 2.05) is 6.92 Å². The number of aromatic nitrogens is 1. The zero-order chi connectivity index (χ0) is 10.2. The zero-order valence-electron chi connectivity index (χ0n) is 8.76. The highest BCUT2D eigenvalue weighted by atomic mass is 32.1. The standard InChI is InChI=1S/C10H17N3S/c1-7-8(2)14-9(13-7)12-6-10(5-11)3-4-10/h3-6,11H2,1-2H3,(H,12,13). The van der Waals surface area contributed by atoms with Gasteiger partial charge < -0.3 is 11.1 Å². The van der Waals surface area contributed by atoms with Crippen LogP contribution in [0.2, 0.25) is 0 Å². The second-order valence-corrected chi connectivity index (χ2v) is 5.42. The van der Waals surface area contributed by atoms with Crippen LogP contribution < -0.4 is 11.1 Å². The Morgan fingerprint density at radius 1 is 1.50 bits per heavy atom. The SMILES string of the molecule is Cc1nc(NCC2(CN)CC2)sc1C. The molecule has 1 aromatic heterocycles. The van der Waals surface area contributed by atoms with Crippen LogP contribution in [0, 0.1) is 19.3 Å². The van der Waals surface area contributed by atoms with Crippen molar-refractivity contribution in [2.45, 2.75) is 26.7 Å². The summed E-state index contributed by atoms with van der Waals surface area (Å²) in [6.45, 7) is 5.93. The maximum atomic E-state index is 5.71. The van der Waals surface area contributed by atoms with Crippen molar-refractivity contribution in [2.24, 2.45) is 11.1 Å². The molecule has 3 N–H and O–H groups in total.